The SMILES string of the molecule is COc1ccc(S(=O)(=O)N(CC(=O)NCCOc2ccccc2)c2ccccc2)cc1. The third kappa shape index (κ3) is 5.99. The molecule has 0 spiro atoms. The molecule has 3 rings (SSSR count). The van der Waals surface area contributed by atoms with Crippen molar-refractivity contribution in [3.8, 4) is 11.5 Å². The number of anilines is 1. The second-order valence-corrected chi connectivity index (χ2v) is 8.40. The van der Waals surface area contributed by atoms with Gasteiger partial charge in [0, 0.05) is 0 Å². The number of rotatable bonds is 10. The molecule has 0 saturated heterocycles. The molecule has 1 N–H and O–H groups in total. The van der Waals surface area contributed by atoms with Gasteiger partial charge in [-0.05, 0) is 48.5 Å². The number of sulfonamides is 1. The van der Waals surface area contributed by atoms with Crippen molar-refractivity contribution in [2.24, 2.45) is 0 Å². The van der Waals surface area contributed by atoms with E-state index in [4.69, 9.17) is 9.47 Å². The van der Waals surface area contributed by atoms with Crippen LogP contribution in [-0.4, -0.2) is 41.1 Å². The number of hydrogen-bond donors (Lipinski definition) is 1. The summed E-state index contributed by atoms with van der Waals surface area (Å²) in [5, 5.41) is 2.70. The molecule has 0 aromatic heterocycles. The average molecular weight is 441 g/mol. The number of carbonyl (C=O) groups excluding carboxylic acids is 1. The zero-order valence-electron chi connectivity index (χ0n) is 17.1. The third-order valence-electron chi connectivity index (χ3n) is 4.41. The molecule has 0 aliphatic rings. The molecule has 3 aromatic carbocycles. The van der Waals surface area contributed by atoms with Gasteiger partial charge in [0.1, 0.15) is 24.7 Å². The van der Waals surface area contributed by atoms with E-state index in [-0.39, 0.29) is 24.6 Å². The molecule has 0 saturated carbocycles. The molecule has 162 valence electrons. The van der Waals surface area contributed by atoms with Gasteiger partial charge in [0.05, 0.1) is 24.2 Å². The van der Waals surface area contributed by atoms with Gasteiger partial charge in [0.15, 0.2) is 0 Å². The summed E-state index contributed by atoms with van der Waals surface area (Å²) in [5.41, 5.74) is 0.397. The Morgan fingerprint density at radius 1 is 0.871 bits per heavy atom. The predicted octanol–water partition coefficient (Wildman–Crippen LogP) is 3.09. The Labute approximate surface area is 182 Å². The van der Waals surface area contributed by atoms with E-state index in [1.807, 2.05) is 30.3 Å². The summed E-state index contributed by atoms with van der Waals surface area (Å²) in [5.74, 6) is 0.809. The first kappa shape index (κ1) is 22.2. The molecule has 0 bridgehead atoms. The Bertz CT molecular complexity index is 1070. The number of ether oxygens (including phenoxy) is 2. The molecule has 0 heterocycles. The molecule has 0 radical (unpaired) electrons. The van der Waals surface area contributed by atoms with Gasteiger partial charge in [0.25, 0.3) is 10.0 Å². The fourth-order valence-electron chi connectivity index (χ4n) is 2.85. The zero-order chi connectivity index (χ0) is 22.1. The molecule has 0 aliphatic heterocycles. The molecule has 31 heavy (non-hydrogen) atoms. The topological polar surface area (TPSA) is 84.9 Å². The van der Waals surface area contributed by atoms with Crippen LogP contribution in [0.15, 0.2) is 89.8 Å². The molecule has 7 nitrogen and oxygen atoms in total. The Morgan fingerprint density at radius 2 is 1.48 bits per heavy atom. The summed E-state index contributed by atoms with van der Waals surface area (Å²) < 4.78 is 38.3. The molecular formula is C23H24N2O5S. The normalized spacial score (nSPS) is 10.9. The summed E-state index contributed by atoms with van der Waals surface area (Å²) in [6.45, 7) is 0.162. The van der Waals surface area contributed by atoms with Gasteiger partial charge in [-0.15, -0.1) is 0 Å². The number of hydrogen-bond acceptors (Lipinski definition) is 5. The average Bonchev–Trinajstić information content (AvgIpc) is 2.81. The lowest BCUT2D eigenvalue weighted by atomic mass is 10.3. The van der Waals surface area contributed by atoms with E-state index in [2.05, 4.69) is 5.32 Å². The summed E-state index contributed by atoms with van der Waals surface area (Å²) in [6.07, 6.45) is 0. The van der Waals surface area contributed by atoms with Crippen LogP contribution in [-0.2, 0) is 14.8 Å². The minimum Gasteiger partial charge on any atom is -0.497 e. The molecule has 0 unspecified atom stereocenters. The molecule has 0 fully saturated rings. The van der Waals surface area contributed by atoms with Crippen molar-refractivity contribution in [3.63, 3.8) is 0 Å². The summed E-state index contributed by atoms with van der Waals surface area (Å²) in [4.78, 5) is 12.6. The lowest BCUT2D eigenvalue weighted by molar-refractivity contribution is -0.119. The summed E-state index contributed by atoms with van der Waals surface area (Å²) >= 11 is 0. The van der Waals surface area contributed by atoms with Crippen molar-refractivity contribution in [3.05, 3.63) is 84.9 Å². The van der Waals surface area contributed by atoms with E-state index >= 15 is 0 Å². The lowest BCUT2D eigenvalue weighted by Gasteiger charge is -2.24. The van der Waals surface area contributed by atoms with Gasteiger partial charge >= 0.3 is 0 Å². The number of nitrogens with zero attached hydrogens (tertiary/aromatic N) is 1. The lowest BCUT2D eigenvalue weighted by Crippen LogP contribution is -2.41. The van der Waals surface area contributed by atoms with E-state index in [1.54, 1.807) is 42.5 Å². The standard InChI is InChI=1S/C23H24N2O5S/c1-29-20-12-14-22(15-13-20)31(27,28)25(19-8-4-2-5-9-19)18-23(26)24-16-17-30-21-10-6-3-7-11-21/h2-15H,16-18H2,1H3,(H,24,26). The monoisotopic (exact) mass is 440 g/mol. The van der Waals surface area contributed by atoms with Gasteiger partial charge < -0.3 is 14.8 Å². The van der Waals surface area contributed by atoms with Crippen LogP contribution in [0.1, 0.15) is 0 Å². The van der Waals surface area contributed by atoms with Gasteiger partial charge in [-0.3, -0.25) is 9.10 Å². The van der Waals surface area contributed by atoms with E-state index in [0.29, 0.717) is 17.2 Å². The molecular weight excluding hydrogens is 416 g/mol. The van der Waals surface area contributed by atoms with Crippen molar-refractivity contribution < 1.29 is 22.7 Å². The number of nitrogens with one attached hydrogen (secondary N) is 1. The highest BCUT2D eigenvalue weighted by atomic mass is 32.2. The maximum absolute atomic E-state index is 13.3. The highest BCUT2D eigenvalue weighted by Gasteiger charge is 2.27. The number of para-hydroxylation sites is 2. The van der Waals surface area contributed by atoms with E-state index in [9.17, 15) is 13.2 Å². The zero-order valence-corrected chi connectivity index (χ0v) is 17.9. The third-order valence-corrected chi connectivity index (χ3v) is 6.20. The van der Waals surface area contributed by atoms with Crippen LogP contribution in [0.2, 0.25) is 0 Å². The van der Waals surface area contributed by atoms with Crippen molar-refractivity contribution in [2.45, 2.75) is 4.90 Å². The largest absolute Gasteiger partial charge is 0.497 e. The summed E-state index contributed by atoms with van der Waals surface area (Å²) in [6, 6.07) is 23.8. The van der Waals surface area contributed by atoms with Crippen LogP contribution in [0.25, 0.3) is 0 Å². The minimum absolute atomic E-state index is 0.0670. The van der Waals surface area contributed by atoms with Crippen LogP contribution < -0.4 is 19.1 Å². The highest BCUT2D eigenvalue weighted by Crippen LogP contribution is 2.24. The molecule has 0 aliphatic carbocycles. The Kier molecular flexibility index (Phi) is 7.50. The maximum Gasteiger partial charge on any atom is 0.264 e. The first-order valence-corrected chi connectivity index (χ1v) is 11.1. The van der Waals surface area contributed by atoms with E-state index in [0.717, 1.165) is 4.31 Å². The van der Waals surface area contributed by atoms with Gasteiger partial charge in [-0.2, -0.15) is 0 Å². The van der Waals surface area contributed by atoms with Crippen LogP contribution in [0.3, 0.4) is 0 Å². The Morgan fingerprint density at radius 3 is 2.10 bits per heavy atom. The number of amides is 1. The van der Waals surface area contributed by atoms with Crippen LogP contribution in [0.4, 0.5) is 5.69 Å². The fraction of sp³-hybridized carbons (Fsp3) is 0.174. The van der Waals surface area contributed by atoms with Gasteiger partial charge in [-0.25, -0.2) is 8.42 Å². The first-order valence-electron chi connectivity index (χ1n) is 9.67. The number of methoxy groups -OCH3 is 1. The fourth-order valence-corrected chi connectivity index (χ4v) is 4.27. The van der Waals surface area contributed by atoms with Crippen LogP contribution in [0, 0.1) is 0 Å². The van der Waals surface area contributed by atoms with Gasteiger partial charge in [-0.1, -0.05) is 36.4 Å². The smallest absolute Gasteiger partial charge is 0.264 e. The highest BCUT2D eigenvalue weighted by molar-refractivity contribution is 7.92. The number of carbonyl (C=O) groups is 1. The minimum atomic E-state index is -3.96. The summed E-state index contributed by atoms with van der Waals surface area (Å²) in [7, 11) is -2.46. The van der Waals surface area contributed by atoms with Crippen molar-refractivity contribution in [1.29, 1.82) is 0 Å². The maximum atomic E-state index is 13.3. The van der Waals surface area contributed by atoms with Crippen LogP contribution >= 0.6 is 0 Å². The van der Waals surface area contributed by atoms with Crippen molar-refractivity contribution in [1.82, 2.24) is 5.32 Å². The molecule has 0 atom stereocenters. The molecule has 1 amide bonds. The predicted molar refractivity (Wildman–Crippen MR) is 119 cm³/mol. The quantitative estimate of drug-likeness (QED) is 0.490. The second-order valence-electron chi connectivity index (χ2n) is 6.53. The van der Waals surface area contributed by atoms with Crippen molar-refractivity contribution >= 4 is 21.6 Å². The van der Waals surface area contributed by atoms with Crippen LogP contribution in [0.5, 0.6) is 11.5 Å². The van der Waals surface area contributed by atoms with E-state index in [1.165, 1.54) is 19.2 Å². The second kappa shape index (κ2) is 10.5. The van der Waals surface area contributed by atoms with Gasteiger partial charge in [0.2, 0.25) is 5.91 Å². The molecule has 3 aromatic rings. The van der Waals surface area contributed by atoms with Crippen molar-refractivity contribution in [2.75, 3.05) is 31.1 Å². The molecule has 8 heteroatoms. The van der Waals surface area contributed by atoms with E-state index < -0.39 is 15.9 Å². The number of benzene rings is 3. The Balaban J connectivity index is 1.69. The Hall–Kier alpha value is -3.52. The first-order chi connectivity index (χ1) is 15.0.